The van der Waals surface area contributed by atoms with Crippen molar-refractivity contribution in [2.45, 2.75) is 22.5 Å². The van der Waals surface area contributed by atoms with Crippen LogP contribution in [0.1, 0.15) is 24.2 Å². The number of nitrogens with two attached hydrogens (primary N) is 1. The molecule has 0 fully saturated rings. The van der Waals surface area contributed by atoms with Crippen molar-refractivity contribution in [1.29, 1.82) is 0 Å². The summed E-state index contributed by atoms with van der Waals surface area (Å²) in [4.78, 5) is 16.1. The summed E-state index contributed by atoms with van der Waals surface area (Å²) >= 11 is 3.90. The van der Waals surface area contributed by atoms with Crippen molar-refractivity contribution in [2.75, 3.05) is 11.1 Å². The molecule has 6 nitrogen and oxygen atoms in total. The van der Waals surface area contributed by atoms with E-state index in [1.807, 2.05) is 13.8 Å². The predicted octanol–water partition coefficient (Wildman–Crippen LogP) is 4.15. The molecule has 2 aromatic heterocycles. The Kier molecular flexibility index (Phi) is 6.64. The van der Waals surface area contributed by atoms with E-state index in [9.17, 15) is 9.18 Å². The molecule has 0 spiro atoms. The summed E-state index contributed by atoms with van der Waals surface area (Å²) in [6.07, 6.45) is 1.57. The fourth-order valence-electron chi connectivity index (χ4n) is 1.46. The van der Waals surface area contributed by atoms with Gasteiger partial charge >= 0.3 is 0 Å². The zero-order valence-corrected chi connectivity index (χ0v) is 15.3. The smallest absolute Gasteiger partial charge is 0.257 e. The molecule has 3 rings (SSSR count). The third-order valence-corrected chi connectivity index (χ3v) is 5.20. The van der Waals surface area contributed by atoms with Crippen LogP contribution in [0.5, 0.6) is 0 Å². The zero-order chi connectivity index (χ0) is 17.5. The monoisotopic (exact) mass is 383 g/mol. The SMILES string of the molecule is CC.Nc1cnc(Sc2nnc(NC(=O)c3ccc(F)cc3)s2)s1. The minimum absolute atomic E-state index is 0.346. The first-order valence-corrected chi connectivity index (χ1v) is 9.35. The van der Waals surface area contributed by atoms with Gasteiger partial charge in [-0.25, -0.2) is 9.37 Å². The first kappa shape index (κ1) is 18.3. The van der Waals surface area contributed by atoms with Crippen LogP contribution in [-0.4, -0.2) is 21.1 Å². The Bertz CT molecular complexity index is 803. The van der Waals surface area contributed by atoms with Gasteiger partial charge in [0.2, 0.25) is 5.13 Å². The van der Waals surface area contributed by atoms with Gasteiger partial charge in [0.15, 0.2) is 8.68 Å². The molecule has 126 valence electrons. The Balaban J connectivity index is 0.00000100. The highest BCUT2D eigenvalue weighted by atomic mass is 32.2. The highest BCUT2D eigenvalue weighted by Gasteiger charge is 2.12. The van der Waals surface area contributed by atoms with Gasteiger partial charge in [0, 0.05) is 5.56 Å². The number of carbonyl (C=O) groups is 1. The Hall–Kier alpha value is -2.04. The van der Waals surface area contributed by atoms with Gasteiger partial charge in [0.1, 0.15) is 10.8 Å². The fourth-order valence-corrected chi connectivity index (χ4v) is 4.18. The molecule has 0 aliphatic carbocycles. The lowest BCUT2D eigenvalue weighted by Gasteiger charge is -2.00. The topological polar surface area (TPSA) is 93.8 Å². The van der Waals surface area contributed by atoms with Crippen LogP contribution in [0.15, 0.2) is 39.1 Å². The van der Waals surface area contributed by atoms with Gasteiger partial charge in [-0.1, -0.05) is 36.5 Å². The van der Waals surface area contributed by atoms with Gasteiger partial charge in [-0.05, 0) is 36.0 Å². The Morgan fingerprint density at radius 2 is 1.88 bits per heavy atom. The van der Waals surface area contributed by atoms with Gasteiger partial charge < -0.3 is 5.73 Å². The molecule has 0 radical (unpaired) electrons. The molecule has 0 aliphatic rings. The summed E-state index contributed by atoms with van der Waals surface area (Å²) in [5, 5.41) is 11.5. The van der Waals surface area contributed by atoms with E-state index in [4.69, 9.17) is 5.73 Å². The summed E-state index contributed by atoms with van der Waals surface area (Å²) in [5.74, 6) is -0.764. The molecule has 0 aliphatic heterocycles. The van der Waals surface area contributed by atoms with E-state index in [2.05, 4.69) is 20.5 Å². The number of thiazole rings is 1. The number of hydrogen-bond donors (Lipinski definition) is 2. The zero-order valence-electron chi connectivity index (χ0n) is 12.8. The predicted molar refractivity (Wildman–Crippen MR) is 96.3 cm³/mol. The number of rotatable bonds is 4. The van der Waals surface area contributed by atoms with Gasteiger partial charge in [0.25, 0.3) is 5.91 Å². The molecule has 0 saturated carbocycles. The summed E-state index contributed by atoms with van der Waals surface area (Å²) in [5.41, 5.74) is 5.95. The lowest BCUT2D eigenvalue weighted by atomic mass is 10.2. The van der Waals surface area contributed by atoms with E-state index < -0.39 is 5.82 Å². The molecule has 10 heteroatoms. The van der Waals surface area contributed by atoms with Gasteiger partial charge in [0.05, 0.1) is 6.20 Å². The van der Waals surface area contributed by atoms with Crippen molar-refractivity contribution in [1.82, 2.24) is 15.2 Å². The first-order valence-electron chi connectivity index (χ1n) is 6.90. The number of carbonyl (C=O) groups excluding carboxylic acids is 1. The van der Waals surface area contributed by atoms with Crippen molar-refractivity contribution >= 4 is 50.5 Å². The largest absolute Gasteiger partial charge is 0.389 e. The van der Waals surface area contributed by atoms with Crippen molar-refractivity contribution in [2.24, 2.45) is 0 Å². The molecule has 3 N–H and O–H groups in total. The Morgan fingerprint density at radius 1 is 1.17 bits per heavy atom. The number of nitrogen functional groups attached to an aromatic ring is 1. The van der Waals surface area contributed by atoms with E-state index in [-0.39, 0.29) is 5.91 Å². The third kappa shape index (κ3) is 4.98. The highest BCUT2D eigenvalue weighted by Crippen LogP contribution is 2.34. The van der Waals surface area contributed by atoms with Crippen LogP contribution in [0.3, 0.4) is 0 Å². The Labute approximate surface area is 150 Å². The number of hydrogen-bond acceptors (Lipinski definition) is 8. The molecule has 0 bridgehead atoms. The second kappa shape index (κ2) is 8.71. The Morgan fingerprint density at radius 3 is 2.50 bits per heavy atom. The average Bonchev–Trinajstić information content (AvgIpc) is 3.19. The molecular weight excluding hydrogens is 369 g/mol. The van der Waals surface area contributed by atoms with Crippen LogP contribution in [0.2, 0.25) is 0 Å². The highest BCUT2D eigenvalue weighted by molar-refractivity contribution is 8.02. The number of halogens is 1. The first-order chi connectivity index (χ1) is 11.6. The van der Waals surface area contributed by atoms with Gasteiger partial charge in [-0.2, -0.15) is 0 Å². The normalized spacial score (nSPS) is 9.96. The van der Waals surface area contributed by atoms with E-state index in [0.29, 0.717) is 20.0 Å². The second-order valence-electron chi connectivity index (χ2n) is 3.96. The van der Waals surface area contributed by atoms with Crippen LogP contribution in [0.4, 0.5) is 14.5 Å². The van der Waals surface area contributed by atoms with E-state index in [0.717, 1.165) is 4.34 Å². The van der Waals surface area contributed by atoms with E-state index >= 15 is 0 Å². The molecule has 24 heavy (non-hydrogen) atoms. The number of nitrogens with zero attached hydrogens (tertiary/aromatic N) is 3. The minimum atomic E-state index is -0.395. The number of nitrogens with one attached hydrogen (secondary N) is 1. The molecular formula is C14H14FN5OS3. The van der Waals surface area contributed by atoms with Crippen LogP contribution >= 0.6 is 34.4 Å². The van der Waals surface area contributed by atoms with Crippen LogP contribution in [-0.2, 0) is 0 Å². The van der Waals surface area contributed by atoms with E-state index in [1.54, 1.807) is 6.20 Å². The van der Waals surface area contributed by atoms with Crippen LogP contribution < -0.4 is 11.1 Å². The van der Waals surface area contributed by atoms with Gasteiger partial charge in [-0.15, -0.1) is 10.2 Å². The summed E-state index contributed by atoms with van der Waals surface area (Å²) in [7, 11) is 0. The molecule has 2 heterocycles. The number of aromatic nitrogens is 3. The summed E-state index contributed by atoms with van der Waals surface area (Å²) in [6, 6.07) is 5.26. The fraction of sp³-hybridized carbons (Fsp3) is 0.143. The van der Waals surface area contributed by atoms with Crippen molar-refractivity contribution in [3.05, 3.63) is 41.8 Å². The number of amides is 1. The van der Waals surface area contributed by atoms with Gasteiger partial charge in [-0.3, -0.25) is 10.1 Å². The molecule has 0 unspecified atom stereocenters. The standard InChI is InChI=1S/C12H8FN5OS3.C2H6/c13-7-3-1-6(2-4-7)9(19)16-10-17-18-12(21-10)22-11-15-5-8(14)20-11;1-2/h1-5H,14H2,(H,16,17,19);1-2H3. The second-order valence-corrected chi connectivity index (χ2v) is 7.50. The average molecular weight is 383 g/mol. The molecule has 1 aromatic carbocycles. The maximum atomic E-state index is 12.8. The van der Waals surface area contributed by atoms with Crippen molar-refractivity contribution < 1.29 is 9.18 Å². The molecule has 0 atom stereocenters. The van der Waals surface area contributed by atoms with Crippen molar-refractivity contribution in [3.8, 4) is 0 Å². The third-order valence-electron chi connectivity index (χ3n) is 2.41. The van der Waals surface area contributed by atoms with E-state index in [1.165, 1.54) is 58.7 Å². The number of benzene rings is 1. The lowest BCUT2D eigenvalue weighted by Crippen LogP contribution is -2.11. The quantitative estimate of drug-likeness (QED) is 0.658. The maximum Gasteiger partial charge on any atom is 0.257 e. The lowest BCUT2D eigenvalue weighted by molar-refractivity contribution is 0.102. The van der Waals surface area contributed by atoms with Crippen LogP contribution in [0.25, 0.3) is 0 Å². The molecule has 0 saturated heterocycles. The molecule has 1 amide bonds. The minimum Gasteiger partial charge on any atom is -0.389 e. The maximum absolute atomic E-state index is 12.8. The summed E-state index contributed by atoms with van der Waals surface area (Å²) in [6.45, 7) is 4.00. The van der Waals surface area contributed by atoms with Crippen molar-refractivity contribution in [3.63, 3.8) is 0 Å². The molecule has 3 aromatic rings. The number of anilines is 2. The summed E-state index contributed by atoms with van der Waals surface area (Å²) < 4.78 is 14.2. The van der Waals surface area contributed by atoms with Crippen LogP contribution in [0, 0.1) is 5.82 Å².